The quantitative estimate of drug-likeness (QED) is 0.320. The predicted molar refractivity (Wildman–Crippen MR) is 134 cm³/mol. The van der Waals surface area contributed by atoms with E-state index in [0.29, 0.717) is 6.54 Å². The van der Waals surface area contributed by atoms with Crippen molar-refractivity contribution in [2.75, 3.05) is 46.8 Å². The Morgan fingerprint density at radius 3 is 2.37 bits per heavy atom. The summed E-state index contributed by atoms with van der Waals surface area (Å²) in [6.07, 6.45) is 8.23. The number of nitrogens with one attached hydrogen (secondary N) is 2. The molecular formula is C22H41IN6O. The second kappa shape index (κ2) is 12.2. The molecule has 7 nitrogen and oxygen atoms in total. The van der Waals surface area contributed by atoms with Gasteiger partial charge in [-0.1, -0.05) is 25.4 Å². The standard InChI is InChI=1S/C22H40N6O.HI/c1-5-19-18(20(6-2)29-26-19)16-24-21(23-3)25-17-22(10-14-27(4)15-11-22)28-12-8-7-9-13-28;/h5-17H2,1-4H3,(H2,23,24,25);1H. The number of hydrogen-bond acceptors (Lipinski definition) is 5. The first-order valence-electron chi connectivity index (χ1n) is 11.5. The molecule has 0 bridgehead atoms. The Bertz CT molecular complexity index is 641. The van der Waals surface area contributed by atoms with Crippen molar-refractivity contribution in [2.24, 2.45) is 4.99 Å². The number of nitrogens with zero attached hydrogens (tertiary/aromatic N) is 4. The third-order valence-corrected chi connectivity index (χ3v) is 6.79. The molecule has 0 saturated carbocycles. The van der Waals surface area contributed by atoms with E-state index in [0.717, 1.165) is 36.8 Å². The topological polar surface area (TPSA) is 68.9 Å². The molecule has 1 aromatic rings. The highest BCUT2D eigenvalue weighted by Gasteiger charge is 2.39. The summed E-state index contributed by atoms with van der Waals surface area (Å²) in [5, 5.41) is 11.4. The molecule has 30 heavy (non-hydrogen) atoms. The van der Waals surface area contributed by atoms with E-state index in [9.17, 15) is 0 Å². The lowest BCUT2D eigenvalue weighted by molar-refractivity contribution is 0.0173. The van der Waals surface area contributed by atoms with Crippen LogP contribution >= 0.6 is 24.0 Å². The van der Waals surface area contributed by atoms with Crippen molar-refractivity contribution >= 4 is 29.9 Å². The third-order valence-electron chi connectivity index (χ3n) is 6.79. The Morgan fingerprint density at radius 2 is 1.77 bits per heavy atom. The fourth-order valence-electron chi connectivity index (χ4n) is 4.79. The first kappa shape index (κ1) is 25.4. The van der Waals surface area contributed by atoms with E-state index in [-0.39, 0.29) is 29.5 Å². The van der Waals surface area contributed by atoms with E-state index in [2.05, 4.69) is 51.5 Å². The molecule has 3 rings (SSSR count). The first-order chi connectivity index (χ1) is 14.1. The lowest BCUT2D eigenvalue weighted by Gasteiger charge is -2.50. The Labute approximate surface area is 199 Å². The van der Waals surface area contributed by atoms with E-state index < -0.39 is 0 Å². The molecule has 8 heteroatoms. The molecule has 0 unspecified atom stereocenters. The largest absolute Gasteiger partial charge is 0.361 e. The van der Waals surface area contributed by atoms with Crippen LogP contribution in [0.4, 0.5) is 0 Å². The zero-order chi connectivity index (χ0) is 20.7. The Morgan fingerprint density at radius 1 is 1.07 bits per heavy atom. The minimum atomic E-state index is 0. The van der Waals surface area contributed by atoms with Crippen molar-refractivity contribution in [1.29, 1.82) is 0 Å². The molecule has 3 heterocycles. The van der Waals surface area contributed by atoms with E-state index in [1.54, 1.807) is 0 Å². The lowest BCUT2D eigenvalue weighted by atomic mass is 9.84. The molecule has 0 spiro atoms. The van der Waals surface area contributed by atoms with Gasteiger partial charge < -0.3 is 20.1 Å². The summed E-state index contributed by atoms with van der Waals surface area (Å²) >= 11 is 0. The van der Waals surface area contributed by atoms with Crippen molar-refractivity contribution < 1.29 is 4.52 Å². The summed E-state index contributed by atoms with van der Waals surface area (Å²) in [5.74, 6) is 1.84. The van der Waals surface area contributed by atoms with Crippen LogP contribution in [-0.4, -0.2) is 73.3 Å². The number of aromatic nitrogens is 1. The van der Waals surface area contributed by atoms with Gasteiger partial charge >= 0.3 is 0 Å². The molecule has 2 aliphatic heterocycles. The van der Waals surface area contributed by atoms with Gasteiger partial charge in [0.05, 0.1) is 5.69 Å². The number of halogens is 1. The Hall–Kier alpha value is -0.870. The second-order valence-corrected chi connectivity index (χ2v) is 8.59. The molecule has 0 amide bonds. The second-order valence-electron chi connectivity index (χ2n) is 8.59. The molecule has 2 fully saturated rings. The highest BCUT2D eigenvalue weighted by atomic mass is 127. The van der Waals surface area contributed by atoms with Crippen LogP contribution in [0.5, 0.6) is 0 Å². The van der Waals surface area contributed by atoms with Crippen LogP contribution in [0.3, 0.4) is 0 Å². The highest BCUT2D eigenvalue weighted by Crippen LogP contribution is 2.30. The summed E-state index contributed by atoms with van der Waals surface area (Å²) in [5.41, 5.74) is 2.47. The van der Waals surface area contributed by atoms with Gasteiger partial charge in [0, 0.05) is 37.7 Å². The van der Waals surface area contributed by atoms with Crippen LogP contribution in [0.15, 0.2) is 9.52 Å². The summed E-state index contributed by atoms with van der Waals surface area (Å²) < 4.78 is 5.50. The number of piperidine rings is 2. The monoisotopic (exact) mass is 532 g/mol. The van der Waals surface area contributed by atoms with E-state index in [4.69, 9.17) is 4.52 Å². The number of likely N-dealkylation sites (tertiary alicyclic amines) is 2. The van der Waals surface area contributed by atoms with Gasteiger partial charge in [0.1, 0.15) is 5.76 Å². The van der Waals surface area contributed by atoms with Crippen molar-refractivity contribution in [1.82, 2.24) is 25.6 Å². The van der Waals surface area contributed by atoms with Gasteiger partial charge in [0.2, 0.25) is 0 Å². The van der Waals surface area contributed by atoms with Crippen LogP contribution in [0.2, 0.25) is 0 Å². The van der Waals surface area contributed by atoms with Gasteiger partial charge in [0.25, 0.3) is 0 Å². The normalized spacial score (nSPS) is 20.6. The van der Waals surface area contributed by atoms with Crippen LogP contribution in [-0.2, 0) is 19.4 Å². The smallest absolute Gasteiger partial charge is 0.191 e. The average molecular weight is 533 g/mol. The first-order valence-corrected chi connectivity index (χ1v) is 11.5. The number of hydrogen-bond donors (Lipinski definition) is 2. The van der Waals surface area contributed by atoms with Gasteiger partial charge in [-0.15, -0.1) is 24.0 Å². The molecule has 0 atom stereocenters. The van der Waals surface area contributed by atoms with E-state index in [1.165, 1.54) is 63.8 Å². The fourth-order valence-corrected chi connectivity index (χ4v) is 4.79. The molecule has 0 aromatic carbocycles. The van der Waals surface area contributed by atoms with Gasteiger partial charge in [-0.2, -0.15) is 0 Å². The summed E-state index contributed by atoms with van der Waals surface area (Å²) in [6, 6.07) is 0. The minimum absolute atomic E-state index is 0. The predicted octanol–water partition coefficient (Wildman–Crippen LogP) is 3.03. The molecule has 2 saturated heterocycles. The summed E-state index contributed by atoms with van der Waals surface area (Å²) in [6.45, 7) is 10.7. The molecule has 172 valence electrons. The molecule has 1 aromatic heterocycles. The van der Waals surface area contributed by atoms with Gasteiger partial charge in [-0.05, 0) is 65.3 Å². The highest BCUT2D eigenvalue weighted by molar-refractivity contribution is 14.0. The fraction of sp³-hybridized carbons (Fsp3) is 0.818. The zero-order valence-corrected chi connectivity index (χ0v) is 21.6. The van der Waals surface area contributed by atoms with Crippen molar-refractivity contribution in [3.05, 3.63) is 17.0 Å². The van der Waals surface area contributed by atoms with Crippen molar-refractivity contribution in [3.8, 4) is 0 Å². The van der Waals surface area contributed by atoms with Crippen LogP contribution in [0, 0.1) is 0 Å². The SMILES string of the molecule is CCc1noc(CC)c1CNC(=NC)NCC1(N2CCCCC2)CCN(C)CC1.I. The van der Waals surface area contributed by atoms with E-state index >= 15 is 0 Å². The van der Waals surface area contributed by atoms with Gasteiger partial charge in [-0.25, -0.2) is 0 Å². The maximum atomic E-state index is 5.50. The van der Waals surface area contributed by atoms with Crippen molar-refractivity contribution in [3.63, 3.8) is 0 Å². The molecule has 2 aliphatic rings. The average Bonchev–Trinajstić information content (AvgIpc) is 3.18. The lowest BCUT2D eigenvalue weighted by Crippen LogP contribution is -2.62. The van der Waals surface area contributed by atoms with Crippen LogP contribution < -0.4 is 10.6 Å². The number of guanidine groups is 1. The Balaban J connectivity index is 0.00000320. The molecular weight excluding hydrogens is 491 g/mol. The van der Waals surface area contributed by atoms with Gasteiger partial charge in [0.15, 0.2) is 5.96 Å². The zero-order valence-electron chi connectivity index (χ0n) is 19.3. The minimum Gasteiger partial charge on any atom is -0.361 e. The molecule has 0 radical (unpaired) electrons. The van der Waals surface area contributed by atoms with Crippen molar-refractivity contribution in [2.45, 2.75) is 70.9 Å². The third kappa shape index (κ3) is 6.09. The molecule has 2 N–H and O–H groups in total. The van der Waals surface area contributed by atoms with Gasteiger partial charge in [-0.3, -0.25) is 9.89 Å². The maximum Gasteiger partial charge on any atom is 0.191 e. The number of rotatable bonds is 7. The van der Waals surface area contributed by atoms with Crippen LogP contribution in [0.1, 0.15) is 63.0 Å². The molecule has 0 aliphatic carbocycles. The van der Waals surface area contributed by atoms with Crippen LogP contribution in [0.25, 0.3) is 0 Å². The maximum absolute atomic E-state index is 5.50. The summed E-state index contributed by atoms with van der Waals surface area (Å²) in [4.78, 5) is 9.70. The van der Waals surface area contributed by atoms with E-state index in [1.807, 2.05) is 7.05 Å². The Kier molecular flexibility index (Phi) is 10.4. The number of aliphatic imine (C=N–C) groups is 1. The summed E-state index contributed by atoms with van der Waals surface area (Å²) in [7, 11) is 4.09. The number of aryl methyl sites for hydroxylation is 2.